The zero-order valence-corrected chi connectivity index (χ0v) is 16.0. The van der Waals surface area contributed by atoms with Gasteiger partial charge in [0.15, 0.2) is 5.65 Å². The minimum absolute atomic E-state index is 0.160. The Labute approximate surface area is 161 Å². The summed E-state index contributed by atoms with van der Waals surface area (Å²) >= 11 is 0. The van der Waals surface area contributed by atoms with Crippen LogP contribution in [-0.4, -0.2) is 37.0 Å². The van der Waals surface area contributed by atoms with Crippen molar-refractivity contribution in [3.8, 4) is 0 Å². The second-order valence-electron chi connectivity index (χ2n) is 7.75. The normalized spacial score (nSPS) is 12.0. The van der Waals surface area contributed by atoms with Crippen molar-refractivity contribution in [3.05, 3.63) is 59.6 Å². The van der Waals surface area contributed by atoms with Crippen molar-refractivity contribution in [1.82, 2.24) is 29.9 Å². The molecular weight excluding hydrogens is 359 g/mol. The van der Waals surface area contributed by atoms with E-state index in [0.29, 0.717) is 24.4 Å². The number of nitrogens with one attached hydrogen (secondary N) is 2. The summed E-state index contributed by atoms with van der Waals surface area (Å²) in [5.74, 6) is 0.468. The Bertz CT molecular complexity index is 1140. The lowest BCUT2D eigenvalue weighted by Gasteiger charge is -2.16. The van der Waals surface area contributed by atoms with Gasteiger partial charge in [0, 0.05) is 24.6 Å². The Kier molecular flexibility index (Phi) is 4.33. The number of aromatic amines is 1. The number of fused-ring (bicyclic) bond motifs is 2. The lowest BCUT2D eigenvalue weighted by Crippen LogP contribution is -2.27. The summed E-state index contributed by atoms with van der Waals surface area (Å²) in [4.78, 5) is 20.3. The predicted molar refractivity (Wildman–Crippen MR) is 104 cm³/mol. The van der Waals surface area contributed by atoms with E-state index in [0.717, 1.165) is 16.9 Å². The van der Waals surface area contributed by atoms with Crippen LogP contribution in [0.5, 0.6) is 0 Å². The highest BCUT2D eigenvalue weighted by molar-refractivity contribution is 5.99. The summed E-state index contributed by atoms with van der Waals surface area (Å²) in [5, 5.41) is 11.1. The van der Waals surface area contributed by atoms with Crippen LogP contribution >= 0.6 is 0 Å². The van der Waals surface area contributed by atoms with Crippen LogP contribution in [0.4, 0.5) is 4.39 Å². The van der Waals surface area contributed by atoms with Crippen LogP contribution in [0.2, 0.25) is 0 Å². The highest BCUT2D eigenvalue weighted by atomic mass is 19.1. The zero-order valence-electron chi connectivity index (χ0n) is 16.0. The van der Waals surface area contributed by atoms with E-state index in [1.54, 1.807) is 4.40 Å². The first-order valence-corrected chi connectivity index (χ1v) is 9.09. The van der Waals surface area contributed by atoms with E-state index in [2.05, 4.69) is 25.5 Å². The number of carbonyl (C=O) groups excluding carboxylic acids is 1. The molecule has 0 atom stereocenters. The average molecular weight is 380 g/mol. The van der Waals surface area contributed by atoms with Crippen LogP contribution in [0.15, 0.2) is 36.5 Å². The SMILES string of the molecule is CC(C)(C)c1nnc2c(C(=O)NCCc3nc4ccccc4[nH]3)cc(F)cn12. The number of hydrogen-bond donors (Lipinski definition) is 2. The Morgan fingerprint density at radius 1 is 1.25 bits per heavy atom. The number of rotatable bonds is 4. The smallest absolute Gasteiger partial charge is 0.255 e. The first-order valence-electron chi connectivity index (χ1n) is 9.09. The molecule has 144 valence electrons. The molecule has 3 aromatic heterocycles. The van der Waals surface area contributed by atoms with Crippen molar-refractivity contribution in [2.45, 2.75) is 32.6 Å². The van der Waals surface area contributed by atoms with Gasteiger partial charge in [0.05, 0.1) is 16.6 Å². The molecule has 0 unspecified atom stereocenters. The summed E-state index contributed by atoms with van der Waals surface area (Å²) < 4.78 is 15.7. The summed E-state index contributed by atoms with van der Waals surface area (Å²) in [6.07, 6.45) is 1.84. The molecule has 0 aliphatic carbocycles. The number of imidazole rings is 1. The van der Waals surface area contributed by atoms with Crippen molar-refractivity contribution in [3.63, 3.8) is 0 Å². The Hall–Kier alpha value is -3.29. The molecule has 0 aliphatic rings. The van der Waals surface area contributed by atoms with Gasteiger partial charge in [-0.2, -0.15) is 0 Å². The minimum Gasteiger partial charge on any atom is -0.351 e. The van der Waals surface area contributed by atoms with Gasteiger partial charge in [-0.15, -0.1) is 10.2 Å². The van der Waals surface area contributed by atoms with E-state index in [1.165, 1.54) is 12.3 Å². The number of nitrogens with zero attached hydrogens (tertiary/aromatic N) is 4. The van der Waals surface area contributed by atoms with Gasteiger partial charge in [-0.3, -0.25) is 9.20 Å². The number of halogens is 1. The van der Waals surface area contributed by atoms with E-state index >= 15 is 0 Å². The fourth-order valence-corrected chi connectivity index (χ4v) is 3.15. The number of benzene rings is 1. The molecule has 7 nitrogen and oxygen atoms in total. The third-order valence-corrected chi connectivity index (χ3v) is 4.47. The Morgan fingerprint density at radius 3 is 2.79 bits per heavy atom. The lowest BCUT2D eigenvalue weighted by atomic mass is 9.96. The molecule has 0 saturated heterocycles. The fraction of sp³-hybridized carbons (Fsp3) is 0.300. The molecule has 0 saturated carbocycles. The fourth-order valence-electron chi connectivity index (χ4n) is 3.15. The first kappa shape index (κ1) is 18.1. The number of hydrogen-bond acceptors (Lipinski definition) is 4. The molecule has 0 radical (unpaired) electrons. The third kappa shape index (κ3) is 3.33. The summed E-state index contributed by atoms with van der Waals surface area (Å²) in [7, 11) is 0. The van der Waals surface area contributed by atoms with Crippen LogP contribution in [0.25, 0.3) is 16.7 Å². The predicted octanol–water partition coefficient (Wildman–Crippen LogP) is 3.01. The van der Waals surface area contributed by atoms with Gasteiger partial charge in [0.1, 0.15) is 17.5 Å². The van der Waals surface area contributed by atoms with Crippen LogP contribution in [-0.2, 0) is 11.8 Å². The number of aromatic nitrogens is 5. The molecule has 28 heavy (non-hydrogen) atoms. The number of carbonyl (C=O) groups is 1. The molecule has 1 amide bonds. The van der Waals surface area contributed by atoms with E-state index in [-0.39, 0.29) is 11.0 Å². The van der Waals surface area contributed by atoms with E-state index < -0.39 is 11.7 Å². The van der Waals surface area contributed by atoms with Gasteiger partial charge in [0.25, 0.3) is 5.91 Å². The molecule has 0 bridgehead atoms. The number of para-hydroxylation sites is 2. The van der Waals surface area contributed by atoms with Gasteiger partial charge in [-0.05, 0) is 18.2 Å². The molecule has 4 rings (SSSR count). The van der Waals surface area contributed by atoms with Gasteiger partial charge in [0.2, 0.25) is 0 Å². The van der Waals surface area contributed by atoms with Crippen molar-refractivity contribution in [2.24, 2.45) is 0 Å². The number of H-pyrrole nitrogens is 1. The van der Waals surface area contributed by atoms with Crippen molar-refractivity contribution in [1.29, 1.82) is 0 Å². The van der Waals surface area contributed by atoms with Gasteiger partial charge >= 0.3 is 0 Å². The van der Waals surface area contributed by atoms with E-state index in [1.807, 2.05) is 45.0 Å². The highest BCUT2D eigenvalue weighted by Gasteiger charge is 2.24. The van der Waals surface area contributed by atoms with Crippen LogP contribution in [0.1, 0.15) is 42.8 Å². The lowest BCUT2D eigenvalue weighted by molar-refractivity contribution is 0.0954. The summed E-state index contributed by atoms with van der Waals surface area (Å²) in [6, 6.07) is 8.93. The van der Waals surface area contributed by atoms with Crippen LogP contribution < -0.4 is 5.32 Å². The van der Waals surface area contributed by atoms with Crippen LogP contribution in [0.3, 0.4) is 0 Å². The minimum atomic E-state index is -0.514. The van der Waals surface area contributed by atoms with Gasteiger partial charge in [-0.25, -0.2) is 9.37 Å². The molecule has 2 N–H and O–H groups in total. The molecular formula is C20H21FN6O. The third-order valence-electron chi connectivity index (χ3n) is 4.47. The quantitative estimate of drug-likeness (QED) is 0.570. The van der Waals surface area contributed by atoms with Crippen molar-refractivity contribution in [2.75, 3.05) is 6.54 Å². The van der Waals surface area contributed by atoms with Gasteiger partial charge in [-0.1, -0.05) is 32.9 Å². The Morgan fingerprint density at radius 2 is 2.04 bits per heavy atom. The maximum Gasteiger partial charge on any atom is 0.255 e. The molecule has 4 aromatic rings. The van der Waals surface area contributed by atoms with Crippen molar-refractivity contribution >= 4 is 22.6 Å². The molecule has 0 spiro atoms. The Balaban J connectivity index is 1.53. The maximum absolute atomic E-state index is 14.1. The monoisotopic (exact) mass is 380 g/mol. The number of pyridine rings is 1. The second kappa shape index (κ2) is 6.70. The van der Waals surface area contributed by atoms with E-state index in [4.69, 9.17) is 0 Å². The van der Waals surface area contributed by atoms with E-state index in [9.17, 15) is 9.18 Å². The maximum atomic E-state index is 14.1. The standard InChI is InChI=1S/C20H21FN6O/c1-20(2,3)19-26-25-17-13(10-12(21)11-27(17)19)18(28)22-9-8-16-23-14-6-4-5-7-15(14)24-16/h4-7,10-11H,8-9H2,1-3H3,(H,22,28)(H,23,24). The summed E-state index contributed by atoms with van der Waals surface area (Å²) in [5.41, 5.74) is 2.00. The molecule has 0 fully saturated rings. The largest absolute Gasteiger partial charge is 0.351 e. The molecule has 0 aliphatic heterocycles. The molecule has 3 heterocycles. The van der Waals surface area contributed by atoms with Crippen LogP contribution in [0, 0.1) is 5.82 Å². The molecule has 8 heteroatoms. The number of amides is 1. The average Bonchev–Trinajstić information content (AvgIpc) is 3.23. The van der Waals surface area contributed by atoms with Crippen molar-refractivity contribution < 1.29 is 9.18 Å². The van der Waals surface area contributed by atoms with Gasteiger partial charge < -0.3 is 10.3 Å². The second-order valence-corrected chi connectivity index (χ2v) is 7.75. The summed E-state index contributed by atoms with van der Waals surface area (Å²) in [6.45, 7) is 6.24. The topological polar surface area (TPSA) is 88.0 Å². The molecule has 1 aromatic carbocycles. The highest BCUT2D eigenvalue weighted by Crippen LogP contribution is 2.23. The first-order chi connectivity index (χ1) is 13.3. The zero-order chi connectivity index (χ0) is 19.9.